The molecule has 1 aromatic rings. The molecule has 0 aliphatic rings. The maximum absolute atomic E-state index is 11.4. The summed E-state index contributed by atoms with van der Waals surface area (Å²) in [5.74, 6) is -3.10. The first-order chi connectivity index (χ1) is 10.3. The molecule has 1 aromatic carbocycles. The van der Waals surface area contributed by atoms with Gasteiger partial charge in [-0.25, -0.2) is 4.79 Å². The van der Waals surface area contributed by atoms with Crippen molar-refractivity contribution >= 4 is 23.2 Å². The van der Waals surface area contributed by atoms with Gasteiger partial charge in [-0.15, -0.1) is 0 Å². The maximum atomic E-state index is 11.4. The molecule has 0 amide bonds. The number of nitrogens with zero attached hydrogens (tertiary/aromatic N) is 1. The van der Waals surface area contributed by atoms with E-state index in [0.717, 1.165) is 13.2 Å². The van der Waals surface area contributed by atoms with Crippen molar-refractivity contribution in [1.82, 2.24) is 0 Å². The predicted molar refractivity (Wildman–Crippen MR) is 73.8 cm³/mol. The van der Waals surface area contributed by atoms with E-state index in [1.54, 1.807) is 0 Å². The molecule has 1 rings (SSSR count). The fourth-order valence-electron chi connectivity index (χ4n) is 1.59. The number of nitro benzene ring substituents is 1. The summed E-state index contributed by atoms with van der Waals surface area (Å²) < 4.78 is 14.0. The van der Waals surface area contributed by atoms with Gasteiger partial charge in [-0.2, -0.15) is 0 Å². The third kappa shape index (κ3) is 3.51. The van der Waals surface area contributed by atoms with Crippen LogP contribution in [0.4, 0.5) is 5.69 Å². The Labute approximate surface area is 124 Å². The van der Waals surface area contributed by atoms with Crippen LogP contribution < -0.4 is 9.47 Å². The fraction of sp³-hybridized carbons (Fsp3) is 0.231. The number of ketones is 1. The molecule has 0 radical (unpaired) electrons. The highest BCUT2D eigenvalue weighted by atomic mass is 16.6. The second-order valence-electron chi connectivity index (χ2n) is 3.87. The molecule has 0 unspecified atom stereocenters. The molecule has 0 saturated carbocycles. The van der Waals surface area contributed by atoms with Crippen LogP contribution >= 0.6 is 0 Å². The van der Waals surface area contributed by atoms with Gasteiger partial charge in [0.25, 0.3) is 5.78 Å². The first-order valence-corrected chi connectivity index (χ1v) is 5.79. The summed E-state index contributed by atoms with van der Waals surface area (Å²) in [5, 5.41) is 20.9. The fourth-order valence-corrected chi connectivity index (χ4v) is 1.59. The van der Waals surface area contributed by atoms with Crippen LogP contribution in [0.15, 0.2) is 18.2 Å². The molecular formula is C13H13NO8. The minimum Gasteiger partial charge on any atom is -0.507 e. The van der Waals surface area contributed by atoms with E-state index in [1.165, 1.54) is 20.3 Å². The van der Waals surface area contributed by atoms with Gasteiger partial charge in [0.1, 0.15) is 5.76 Å². The lowest BCUT2D eigenvalue weighted by Crippen LogP contribution is -2.13. The van der Waals surface area contributed by atoms with Crippen molar-refractivity contribution in [3.63, 3.8) is 0 Å². The zero-order valence-corrected chi connectivity index (χ0v) is 12.0. The zero-order valence-electron chi connectivity index (χ0n) is 12.0. The number of hydrogen-bond donors (Lipinski definition) is 1. The smallest absolute Gasteiger partial charge is 0.378 e. The van der Waals surface area contributed by atoms with Crippen LogP contribution in [0.3, 0.4) is 0 Å². The highest BCUT2D eigenvalue weighted by Gasteiger charge is 2.23. The molecule has 0 aliphatic carbocycles. The van der Waals surface area contributed by atoms with Gasteiger partial charge in [0.15, 0.2) is 5.75 Å². The number of carbonyl (C=O) groups is 2. The molecule has 0 heterocycles. The highest BCUT2D eigenvalue weighted by molar-refractivity contribution is 6.39. The molecule has 0 aliphatic heterocycles. The first-order valence-electron chi connectivity index (χ1n) is 5.79. The van der Waals surface area contributed by atoms with E-state index in [9.17, 15) is 24.8 Å². The van der Waals surface area contributed by atoms with Crippen LogP contribution in [0.5, 0.6) is 11.5 Å². The molecule has 0 saturated heterocycles. The number of aliphatic hydroxyl groups excluding tert-OH is 1. The van der Waals surface area contributed by atoms with Crippen molar-refractivity contribution in [2.75, 3.05) is 21.3 Å². The van der Waals surface area contributed by atoms with Crippen LogP contribution in [0.2, 0.25) is 0 Å². The van der Waals surface area contributed by atoms with Crippen LogP contribution in [-0.2, 0) is 14.3 Å². The predicted octanol–water partition coefficient (Wildman–Crippen LogP) is 1.25. The molecule has 0 atom stereocenters. The largest absolute Gasteiger partial charge is 0.507 e. The highest BCUT2D eigenvalue weighted by Crippen LogP contribution is 2.39. The standard InChI is InChI=1S/C13H13NO8/c1-20-11-5-7(4-8(14(18)19)12(11)21-2)9(15)6-10(16)13(17)22-3/h4-6,15H,1-3H3/b9-6-. The average Bonchev–Trinajstić information content (AvgIpc) is 2.51. The van der Waals surface area contributed by atoms with Gasteiger partial charge < -0.3 is 19.3 Å². The molecule has 0 fully saturated rings. The van der Waals surface area contributed by atoms with Crippen molar-refractivity contribution in [3.05, 3.63) is 33.9 Å². The third-order valence-electron chi connectivity index (χ3n) is 2.61. The molecule has 9 heteroatoms. The van der Waals surface area contributed by atoms with Gasteiger partial charge >= 0.3 is 11.7 Å². The third-order valence-corrected chi connectivity index (χ3v) is 2.61. The quantitative estimate of drug-likeness (QED) is 0.208. The lowest BCUT2D eigenvalue weighted by atomic mass is 10.1. The van der Waals surface area contributed by atoms with E-state index < -0.39 is 28.1 Å². The number of hydrogen-bond acceptors (Lipinski definition) is 8. The van der Waals surface area contributed by atoms with Gasteiger partial charge in [0.2, 0.25) is 5.75 Å². The van der Waals surface area contributed by atoms with Gasteiger partial charge in [-0.05, 0) is 6.07 Å². The second kappa shape index (κ2) is 7.07. The Kier molecular flexibility index (Phi) is 5.44. The van der Waals surface area contributed by atoms with E-state index in [0.29, 0.717) is 6.08 Å². The number of esters is 1. The number of aliphatic hydroxyl groups is 1. The van der Waals surface area contributed by atoms with E-state index in [2.05, 4.69) is 4.74 Å². The minimum absolute atomic E-state index is 0.0165. The van der Waals surface area contributed by atoms with Crippen LogP contribution in [0, 0.1) is 10.1 Å². The monoisotopic (exact) mass is 311 g/mol. The summed E-state index contributed by atoms with van der Waals surface area (Å²) in [6.07, 6.45) is 0.594. The van der Waals surface area contributed by atoms with Gasteiger partial charge in [-0.1, -0.05) is 0 Å². The molecular weight excluding hydrogens is 298 g/mol. The van der Waals surface area contributed by atoms with Crippen LogP contribution in [-0.4, -0.2) is 43.1 Å². The molecule has 0 bridgehead atoms. The Morgan fingerprint density at radius 2 is 1.86 bits per heavy atom. The summed E-state index contributed by atoms with van der Waals surface area (Å²) in [5.41, 5.74) is -0.566. The van der Waals surface area contributed by atoms with Crippen LogP contribution in [0.1, 0.15) is 5.56 Å². The van der Waals surface area contributed by atoms with Gasteiger partial charge in [0.05, 0.1) is 26.3 Å². The Hall–Kier alpha value is -3.10. The van der Waals surface area contributed by atoms with E-state index in [1.807, 2.05) is 0 Å². The Bertz CT molecular complexity index is 650. The second-order valence-corrected chi connectivity index (χ2v) is 3.87. The minimum atomic E-state index is -1.18. The lowest BCUT2D eigenvalue weighted by Gasteiger charge is -2.10. The SMILES string of the molecule is COC(=O)C(=O)/C=C(\O)c1cc(OC)c(OC)c([N+](=O)[O-])c1. The summed E-state index contributed by atoms with van der Waals surface area (Å²) in [4.78, 5) is 32.6. The molecule has 0 aromatic heterocycles. The number of rotatable bonds is 6. The molecule has 1 N–H and O–H groups in total. The Morgan fingerprint density at radius 1 is 1.23 bits per heavy atom. The lowest BCUT2D eigenvalue weighted by molar-refractivity contribution is -0.385. The normalized spacial score (nSPS) is 10.8. The number of ether oxygens (including phenoxy) is 3. The molecule has 22 heavy (non-hydrogen) atoms. The van der Waals surface area contributed by atoms with Crippen molar-refractivity contribution in [1.29, 1.82) is 0 Å². The molecule has 0 spiro atoms. The van der Waals surface area contributed by atoms with E-state index >= 15 is 0 Å². The summed E-state index contributed by atoms with van der Waals surface area (Å²) in [6.45, 7) is 0. The molecule has 118 valence electrons. The van der Waals surface area contributed by atoms with Crippen LogP contribution in [0.25, 0.3) is 5.76 Å². The Balaban J connectivity index is 3.39. The van der Waals surface area contributed by atoms with Crippen molar-refractivity contribution in [2.45, 2.75) is 0 Å². The van der Waals surface area contributed by atoms with Gasteiger partial charge in [-0.3, -0.25) is 14.9 Å². The van der Waals surface area contributed by atoms with Crippen molar-refractivity contribution in [3.8, 4) is 11.5 Å². The maximum Gasteiger partial charge on any atom is 0.378 e. The van der Waals surface area contributed by atoms with Crippen molar-refractivity contribution in [2.24, 2.45) is 0 Å². The topological polar surface area (TPSA) is 125 Å². The Morgan fingerprint density at radius 3 is 2.32 bits per heavy atom. The van der Waals surface area contributed by atoms with Gasteiger partial charge in [0, 0.05) is 17.7 Å². The summed E-state index contributed by atoms with van der Waals surface area (Å²) >= 11 is 0. The zero-order chi connectivity index (χ0) is 16.9. The number of nitro groups is 1. The van der Waals surface area contributed by atoms with E-state index in [4.69, 9.17) is 9.47 Å². The summed E-state index contributed by atoms with van der Waals surface area (Å²) in [6, 6.07) is 2.21. The first kappa shape index (κ1) is 17.0. The average molecular weight is 311 g/mol. The number of carbonyl (C=O) groups excluding carboxylic acids is 2. The summed E-state index contributed by atoms with van der Waals surface area (Å²) in [7, 11) is 3.49. The van der Waals surface area contributed by atoms with E-state index in [-0.39, 0.29) is 17.1 Å². The number of methoxy groups -OCH3 is 3. The number of benzene rings is 1. The van der Waals surface area contributed by atoms with Crippen molar-refractivity contribution < 1.29 is 33.8 Å². The molecule has 9 nitrogen and oxygen atoms in total.